The summed E-state index contributed by atoms with van der Waals surface area (Å²) in [7, 11) is 0. The molecule has 0 radical (unpaired) electrons. The second kappa shape index (κ2) is 5.48. The predicted octanol–water partition coefficient (Wildman–Crippen LogP) is 0.898. The van der Waals surface area contributed by atoms with E-state index in [1.54, 1.807) is 4.68 Å². The molecular weight excluding hydrogens is 244 g/mol. The van der Waals surface area contributed by atoms with Crippen molar-refractivity contribution in [1.82, 2.24) is 25.1 Å². The lowest BCUT2D eigenvalue weighted by molar-refractivity contribution is 0.352. The fourth-order valence-electron chi connectivity index (χ4n) is 1.58. The summed E-state index contributed by atoms with van der Waals surface area (Å²) in [6.45, 7) is 7.23. The van der Waals surface area contributed by atoms with Crippen molar-refractivity contribution in [2.45, 2.75) is 45.6 Å². The van der Waals surface area contributed by atoms with Gasteiger partial charge in [-0.2, -0.15) is 4.98 Å². The van der Waals surface area contributed by atoms with Crippen LogP contribution in [0.1, 0.15) is 44.6 Å². The van der Waals surface area contributed by atoms with Gasteiger partial charge in [0.1, 0.15) is 6.54 Å². The van der Waals surface area contributed by atoms with Crippen LogP contribution in [0.2, 0.25) is 0 Å². The summed E-state index contributed by atoms with van der Waals surface area (Å²) in [5, 5.41) is 12.1. The van der Waals surface area contributed by atoms with Gasteiger partial charge in [-0.15, -0.1) is 5.10 Å². The lowest BCUT2D eigenvalue weighted by atomic mass is 9.96. The molecule has 7 heteroatoms. The van der Waals surface area contributed by atoms with Crippen molar-refractivity contribution >= 4 is 0 Å². The maximum absolute atomic E-state index is 5.46. The van der Waals surface area contributed by atoms with E-state index in [4.69, 9.17) is 10.3 Å². The first kappa shape index (κ1) is 13.7. The van der Waals surface area contributed by atoms with E-state index in [0.29, 0.717) is 24.8 Å². The maximum atomic E-state index is 5.46. The Hall–Kier alpha value is -1.76. The van der Waals surface area contributed by atoms with Crippen molar-refractivity contribution in [2.75, 3.05) is 6.54 Å². The van der Waals surface area contributed by atoms with Crippen molar-refractivity contribution in [1.29, 1.82) is 0 Å². The molecule has 0 saturated carbocycles. The lowest BCUT2D eigenvalue weighted by Crippen LogP contribution is -2.13. The first-order valence-corrected chi connectivity index (χ1v) is 6.41. The number of aryl methyl sites for hydroxylation is 1. The Labute approximate surface area is 112 Å². The van der Waals surface area contributed by atoms with Gasteiger partial charge in [-0.05, 0) is 19.4 Å². The van der Waals surface area contributed by atoms with Crippen LogP contribution in [0.25, 0.3) is 0 Å². The van der Waals surface area contributed by atoms with E-state index in [9.17, 15) is 0 Å². The quantitative estimate of drug-likeness (QED) is 0.862. The zero-order chi connectivity index (χ0) is 13.9. The van der Waals surface area contributed by atoms with Crippen molar-refractivity contribution in [3.8, 4) is 0 Å². The van der Waals surface area contributed by atoms with Gasteiger partial charge in [-0.1, -0.05) is 31.1 Å². The van der Waals surface area contributed by atoms with Crippen LogP contribution in [0.5, 0.6) is 0 Å². The minimum atomic E-state index is -0.115. The second-order valence-corrected chi connectivity index (χ2v) is 5.56. The van der Waals surface area contributed by atoms with Gasteiger partial charge >= 0.3 is 0 Å². The Morgan fingerprint density at radius 1 is 1.37 bits per heavy atom. The predicted molar refractivity (Wildman–Crippen MR) is 69.5 cm³/mol. The number of rotatable bonds is 5. The topological polar surface area (TPSA) is 95.7 Å². The van der Waals surface area contributed by atoms with Gasteiger partial charge < -0.3 is 10.3 Å². The lowest BCUT2D eigenvalue weighted by Gasteiger charge is -2.10. The van der Waals surface area contributed by atoms with Crippen LogP contribution in [-0.4, -0.2) is 31.7 Å². The molecule has 0 aliphatic rings. The first-order chi connectivity index (χ1) is 8.99. The molecule has 2 aromatic rings. The number of hydrogen-bond acceptors (Lipinski definition) is 6. The monoisotopic (exact) mass is 264 g/mol. The van der Waals surface area contributed by atoms with Gasteiger partial charge in [0, 0.05) is 11.6 Å². The fraction of sp³-hybridized carbons (Fsp3) is 0.667. The zero-order valence-corrected chi connectivity index (χ0v) is 11.6. The van der Waals surface area contributed by atoms with E-state index in [1.165, 1.54) is 0 Å². The number of nitrogens with two attached hydrogens (primary N) is 1. The third-order valence-corrected chi connectivity index (χ3v) is 2.66. The molecule has 0 fully saturated rings. The third kappa shape index (κ3) is 3.60. The molecule has 7 nitrogen and oxygen atoms in total. The molecule has 0 unspecified atom stereocenters. The first-order valence-electron chi connectivity index (χ1n) is 6.41. The molecular formula is C12H20N6O. The molecule has 2 heterocycles. The van der Waals surface area contributed by atoms with Crippen LogP contribution in [0.15, 0.2) is 10.7 Å². The van der Waals surface area contributed by atoms with E-state index < -0.39 is 0 Å². The van der Waals surface area contributed by atoms with Crippen molar-refractivity contribution < 1.29 is 4.52 Å². The average molecular weight is 264 g/mol. The van der Waals surface area contributed by atoms with Gasteiger partial charge in [0.05, 0.1) is 5.69 Å². The van der Waals surface area contributed by atoms with Crippen LogP contribution in [0, 0.1) is 0 Å². The SMILES string of the molecule is CC(C)(C)c1noc(Cn2cc(CCCN)nn2)n1. The van der Waals surface area contributed by atoms with E-state index in [1.807, 2.05) is 27.0 Å². The number of nitrogens with zero attached hydrogens (tertiary/aromatic N) is 5. The highest BCUT2D eigenvalue weighted by molar-refractivity contribution is 5.00. The molecule has 0 aromatic carbocycles. The summed E-state index contributed by atoms with van der Waals surface area (Å²) < 4.78 is 6.92. The van der Waals surface area contributed by atoms with Crippen molar-refractivity contribution in [2.24, 2.45) is 5.73 Å². The van der Waals surface area contributed by atoms with Crippen LogP contribution in [-0.2, 0) is 18.4 Å². The molecule has 19 heavy (non-hydrogen) atoms. The largest absolute Gasteiger partial charge is 0.337 e. The Kier molecular flexibility index (Phi) is 3.94. The third-order valence-electron chi connectivity index (χ3n) is 2.66. The van der Waals surface area contributed by atoms with Crippen molar-refractivity contribution in [3.63, 3.8) is 0 Å². The smallest absolute Gasteiger partial charge is 0.248 e. The summed E-state index contributed by atoms with van der Waals surface area (Å²) in [5.74, 6) is 1.24. The van der Waals surface area contributed by atoms with Gasteiger partial charge in [0.15, 0.2) is 5.82 Å². The normalized spacial score (nSPS) is 12.0. The van der Waals surface area contributed by atoms with E-state index in [-0.39, 0.29) is 5.41 Å². The molecule has 104 valence electrons. The van der Waals surface area contributed by atoms with Gasteiger partial charge in [0.2, 0.25) is 5.89 Å². The summed E-state index contributed by atoms with van der Waals surface area (Å²) in [4.78, 5) is 4.36. The summed E-state index contributed by atoms with van der Waals surface area (Å²) in [5.41, 5.74) is 6.28. The summed E-state index contributed by atoms with van der Waals surface area (Å²) in [6, 6.07) is 0. The molecule has 2 aromatic heterocycles. The average Bonchev–Trinajstić information content (AvgIpc) is 2.95. The van der Waals surface area contributed by atoms with E-state index in [2.05, 4.69) is 20.5 Å². The molecule has 2 rings (SSSR count). The van der Waals surface area contributed by atoms with Crippen LogP contribution in [0.3, 0.4) is 0 Å². The summed E-state index contributed by atoms with van der Waals surface area (Å²) in [6.07, 6.45) is 3.64. The van der Waals surface area contributed by atoms with Crippen LogP contribution in [0.4, 0.5) is 0 Å². The van der Waals surface area contributed by atoms with Gasteiger partial charge in [0.25, 0.3) is 0 Å². The number of hydrogen-bond donors (Lipinski definition) is 1. The second-order valence-electron chi connectivity index (χ2n) is 5.56. The number of aromatic nitrogens is 5. The molecule has 0 atom stereocenters. The molecule has 0 saturated heterocycles. The molecule has 0 aliphatic carbocycles. The Balaban J connectivity index is 2.01. The minimum Gasteiger partial charge on any atom is -0.337 e. The van der Waals surface area contributed by atoms with Crippen LogP contribution >= 0.6 is 0 Å². The zero-order valence-electron chi connectivity index (χ0n) is 11.6. The molecule has 2 N–H and O–H groups in total. The molecule has 0 bridgehead atoms. The Morgan fingerprint density at radius 2 is 2.16 bits per heavy atom. The van der Waals surface area contributed by atoms with Crippen LogP contribution < -0.4 is 5.73 Å². The molecule has 0 amide bonds. The van der Waals surface area contributed by atoms with E-state index >= 15 is 0 Å². The minimum absolute atomic E-state index is 0.115. The van der Waals surface area contributed by atoms with E-state index in [0.717, 1.165) is 18.5 Å². The Bertz CT molecular complexity index is 524. The highest BCUT2D eigenvalue weighted by atomic mass is 16.5. The van der Waals surface area contributed by atoms with Gasteiger partial charge in [-0.25, -0.2) is 4.68 Å². The standard InChI is InChI=1S/C12H20N6O/c1-12(2,3)11-14-10(19-16-11)8-18-7-9(15-17-18)5-4-6-13/h7H,4-6,8,13H2,1-3H3. The summed E-state index contributed by atoms with van der Waals surface area (Å²) >= 11 is 0. The molecule has 0 spiro atoms. The molecule has 0 aliphatic heterocycles. The fourth-order valence-corrected chi connectivity index (χ4v) is 1.58. The van der Waals surface area contributed by atoms with Crippen molar-refractivity contribution in [3.05, 3.63) is 23.6 Å². The Morgan fingerprint density at radius 3 is 2.79 bits per heavy atom. The highest BCUT2D eigenvalue weighted by Crippen LogP contribution is 2.18. The maximum Gasteiger partial charge on any atom is 0.248 e. The van der Waals surface area contributed by atoms with Gasteiger partial charge in [-0.3, -0.25) is 0 Å². The highest BCUT2D eigenvalue weighted by Gasteiger charge is 2.21.